The van der Waals surface area contributed by atoms with E-state index in [1.54, 1.807) is 11.3 Å². The van der Waals surface area contributed by atoms with Crippen LogP contribution in [0.5, 0.6) is 17.2 Å². The Morgan fingerprint density at radius 3 is 2.52 bits per heavy atom. The number of benzene rings is 2. The van der Waals surface area contributed by atoms with E-state index in [1.165, 1.54) is 0 Å². The van der Waals surface area contributed by atoms with Gasteiger partial charge in [-0.2, -0.15) is 0 Å². The summed E-state index contributed by atoms with van der Waals surface area (Å²) in [5.41, 5.74) is 3.15. The number of aromatic nitrogens is 1. The Hall–Kier alpha value is -2.81. The van der Waals surface area contributed by atoms with E-state index >= 15 is 0 Å². The van der Waals surface area contributed by atoms with Crippen molar-refractivity contribution in [2.75, 3.05) is 52.7 Å². The first-order valence-corrected chi connectivity index (χ1v) is 12.3. The lowest BCUT2D eigenvalue weighted by Gasteiger charge is -2.27. The summed E-state index contributed by atoms with van der Waals surface area (Å²) in [6, 6.07) is 14.1. The van der Waals surface area contributed by atoms with Crippen LogP contribution >= 0.6 is 11.3 Å². The molecule has 33 heavy (non-hydrogen) atoms. The number of thiazole rings is 1. The summed E-state index contributed by atoms with van der Waals surface area (Å²) in [5.74, 6) is 2.47. The van der Waals surface area contributed by atoms with Crippen molar-refractivity contribution in [3.63, 3.8) is 0 Å². The third-order valence-corrected chi connectivity index (χ3v) is 6.62. The van der Waals surface area contributed by atoms with Crippen LogP contribution in [0, 0.1) is 0 Å². The van der Waals surface area contributed by atoms with Crippen molar-refractivity contribution < 1.29 is 18.9 Å². The number of hydrogen-bond acceptors (Lipinski definition) is 7. The fraction of sp³-hybridized carbons (Fsp3) is 0.400. The number of hydrogen-bond donors (Lipinski definition) is 0. The van der Waals surface area contributed by atoms with Gasteiger partial charge in [-0.15, -0.1) is 11.3 Å². The highest BCUT2D eigenvalue weighted by molar-refractivity contribution is 7.07. The summed E-state index contributed by atoms with van der Waals surface area (Å²) >= 11 is 1.65. The van der Waals surface area contributed by atoms with Gasteiger partial charge in [0, 0.05) is 37.1 Å². The molecule has 0 radical (unpaired) electrons. The molecule has 3 heterocycles. The summed E-state index contributed by atoms with van der Waals surface area (Å²) in [5, 5.41) is 2.18. The second-order valence-electron chi connectivity index (χ2n) is 7.91. The molecule has 0 amide bonds. The monoisotopic (exact) mass is 467 g/mol. The number of nitrogens with zero attached hydrogens (tertiary/aromatic N) is 3. The third kappa shape index (κ3) is 5.24. The molecule has 1 aromatic heterocycles. The van der Waals surface area contributed by atoms with E-state index in [9.17, 15) is 0 Å². The van der Waals surface area contributed by atoms with Gasteiger partial charge in [0.1, 0.15) is 19.0 Å². The molecule has 174 valence electrons. The van der Waals surface area contributed by atoms with E-state index in [-0.39, 0.29) is 0 Å². The normalized spacial score (nSPS) is 16.7. The topological polar surface area (TPSA) is 57.5 Å². The van der Waals surface area contributed by atoms with Gasteiger partial charge < -0.3 is 23.5 Å². The van der Waals surface area contributed by atoms with Crippen molar-refractivity contribution in [1.29, 1.82) is 0 Å². The van der Waals surface area contributed by atoms with Gasteiger partial charge in [0.15, 0.2) is 16.3 Å². The number of ether oxygens (including phenoxy) is 4. The molecule has 8 heteroatoms. The van der Waals surface area contributed by atoms with Crippen LogP contribution in [-0.4, -0.2) is 62.1 Å². The average Bonchev–Trinajstić information content (AvgIpc) is 3.26. The zero-order valence-corrected chi connectivity index (χ0v) is 19.7. The van der Waals surface area contributed by atoms with E-state index in [4.69, 9.17) is 23.9 Å². The van der Waals surface area contributed by atoms with Crippen molar-refractivity contribution in [2.24, 2.45) is 4.99 Å². The maximum atomic E-state index is 5.83. The van der Waals surface area contributed by atoms with Crippen LogP contribution in [0.25, 0.3) is 11.3 Å². The van der Waals surface area contributed by atoms with E-state index in [1.807, 2.05) is 37.3 Å². The second-order valence-corrected chi connectivity index (χ2v) is 8.74. The summed E-state index contributed by atoms with van der Waals surface area (Å²) < 4.78 is 24.9. The Morgan fingerprint density at radius 1 is 0.939 bits per heavy atom. The van der Waals surface area contributed by atoms with Crippen LogP contribution < -0.4 is 19.0 Å². The Kier molecular flexibility index (Phi) is 6.95. The molecule has 0 spiro atoms. The van der Waals surface area contributed by atoms with E-state index in [2.05, 4.69) is 27.0 Å². The van der Waals surface area contributed by atoms with Gasteiger partial charge in [0.25, 0.3) is 0 Å². The second kappa shape index (κ2) is 10.4. The van der Waals surface area contributed by atoms with Gasteiger partial charge in [-0.25, -0.2) is 4.99 Å². The molecule has 0 atom stereocenters. The summed E-state index contributed by atoms with van der Waals surface area (Å²) in [6.07, 6.45) is 0. The average molecular weight is 468 g/mol. The molecular formula is C25H29N3O4S. The van der Waals surface area contributed by atoms with Gasteiger partial charge >= 0.3 is 0 Å². The highest BCUT2D eigenvalue weighted by Crippen LogP contribution is 2.34. The van der Waals surface area contributed by atoms with Crippen molar-refractivity contribution in [1.82, 2.24) is 9.47 Å². The Bertz CT molecular complexity index is 1130. The molecule has 2 aliphatic rings. The lowest BCUT2D eigenvalue weighted by atomic mass is 10.1. The number of morpholine rings is 1. The Morgan fingerprint density at radius 2 is 1.73 bits per heavy atom. The molecule has 0 aliphatic carbocycles. The fourth-order valence-electron chi connectivity index (χ4n) is 4.03. The summed E-state index contributed by atoms with van der Waals surface area (Å²) in [7, 11) is 0. The molecule has 7 nitrogen and oxygen atoms in total. The SMILES string of the molecule is CCOc1ccc(N=c2scc(-c3ccc4c(c3)OCCO4)n2CCN2CCOCC2)cc1. The van der Waals surface area contributed by atoms with Gasteiger partial charge in [-0.3, -0.25) is 4.90 Å². The Balaban J connectivity index is 1.48. The van der Waals surface area contributed by atoms with Crippen LogP contribution in [0.2, 0.25) is 0 Å². The molecular weight excluding hydrogens is 438 g/mol. The maximum absolute atomic E-state index is 5.83. The van der Waals surface area contributed by atoms with Crippen LogP contribution in [0.3, 0.4) is 0 Å². The molecule has 0 unspecified atom stereocenters. The fourth-order valence-corrected chi connectivity index (χ4v) is 4.98. The molecule has 0 bridgehead atoms. The van der Waals surface area contributed by atoms with Crippen LogP contribution in [0.1, 0.15) is 6.92 Å². The summed E-state index contributed by atoms with van der Waals surface area (Å²) in [4.78, 5) is 8.38. The van der Waals surface area contributed by atoms with Gasteiger partial charge in [0.2, 0.25) is 0 Å². The molecule has 2 aromatic carbocycles. The van der Waals surface area contributed by atoms with Crippen LogP contribution in [0.15, 0.2) is 52.8 Å². The van der Waals surface area contributed by atoms with Crippen molar-refractivity contribution in [3.05, 3.63) is 52.6 Å². The largest absolute Gasteiger partial charge is 0.494 e. The minimum absolute atomic E-state index is 0.579. The quantitative estimate of drug-likeness (QED) is 0.527. The number of fused-ring (bicyclic) bond motifs is 1. The van der Waals surface area contributed by atoms with Gasteiger partial charge in [-0.05, 0) is 49.4 Å². The van der Waals surface area contributed by atoms with Crippen LogP contribution in [0.4, 0.5) is 5.69 Å². The van der Waals surface area contributed by atoms with Crippen molar-refractivity contribution in [3.8, 4) is 28.5 Å². The van der Waals surface area contributed by atoms with Crippen LogP contribution in [-0.2, 0) is 11.3 Å². The van der Waals surface area contributed by atoms with Gasteiger partial charge in [-0.1, -0.05) is 0 Å². The maximum Gasteiger partial charge on any atom is 0.190 e. The minimum atomic E-state index is 0.579. The van der Waals surface area contributed by atoms with E-state index in [0.29, 0.717) is 19.8 Å². The molecule has 1 saturated heterocycles. The first kappa shape index (κ1) is 22.0. The van der Waals surface area contributed by atoms with Crippen molar-refractivity contribution >= 4 is 17.0 Å². The predicted octanol–water partition coefficient (Wildman–Crippen LogP) is 3.95. The Labute approximate surface area is 197 Å². The van der Waals surface area contributed by atoms with E-state index < -0.39 is 0 Å². The molecule has 1 fully saturated rings. The zero-order chi connectivity index (χ0) is 22.5. The van der Waals surface area contributed by atoms with Gasteiger partial charge in [0.05, 0.1) is 31.2 Å². The molecule has 3 aromatic rings. The first-order chi connectivity index (χ1) is 16.3. The van der Waals surface area contributed by atoms with E-state index in [0.717, 1.165) is 78.4 Å². The standard InChI is InChI=1S/C25H29N3O4S/c1-2-30-21-6-4-20(5-7-21)26-25-28(10-9-27-11-13-29-14-12-27)22(18-33-25)19-3-8-23-24(17-19)32-16-15-31-23/h3-8,17-18H,2,9-16H2,1H3. The first-order valence-electron chi connectivity index (χ1n) is 11.5. The highest BCUT2D eigenvalue weighted by Gasteiger charge is 2.16. The smallest absolute Gasteiger partial charge is 0.190 e. The number of rotatable bonds is 7. The lowest BCUT2D eigenvalue weighted by molar-refractivity contribution is 0.0363. The molecule has 2 aliphatic heterocycles. The minimum Gasteiger partial charge on any atom is -0.494 e. The molecule has 0 N–H and O–H groups in total. The third-order valence-electron chi connectivity index (χ3n) is 5.75. The highest BCUT2D eigenvalue weighted by atomic mass is 32.1. The zero-order valence-electron chi connectivity index (χ0n) is 18.9. The summed E-state index contributed by atoms with van der Waals surface area (Å²) in [6.45, 7) is 9.15. The predicted molar refractivity (Wildman–Crippen MR) is 129 cm³/mol. The lowest BCUT2D eigenvalue weighted by Crippen LogP contribution is -2.39. The molecule has 0 saturated carbocycles. The molecule has 5 rings (SSSR count). The van der Waals surface area contributed by atoms with Crippen molar-refractivity contribution in [2.45, 2.75) is 13.5 Å².